The van der Waals surface area contributed by atoms with E-state index in [9.17, 15) is 9.59 Å². The maximum Gasteiger partial charge on any atom is 0.248 e. The highest BCUT2D eigenvalue weighted by molar-refractivity contribution is 5.85. The van der Waals surface area contributed by atoms with Crippen LogP contribution in [0.25, 0.3) is 0 Å². The van der Waals surface area contributed by atoms with E-state index in [-0.39, 0.29) is 29.9 Å². The van der Waals surface area contributed by atoms with Crippen molar-refractivity contribution in [2.24, 2.45) is 0 Å². The number of carbonyl (C=O) groups excluding carboxylic acids is 1. The molecule has 0 aliphatic heterocycles. The van der Waals surface area contributed by atoms with E-state index in [0.29, 0.717) is 13.0 Å². The largest absolute Gasteiger partial charge is 0.349 e. The summed E-state index contributed by atoms with van der Waals surface area (Å²) in [5.41, 5.74) is 1.95. The molecule has 1 atom stereocenters. The third-order valence-electron chi connectivity index (χ3n) is 3.27. The number of pyridine rings is 1. The fraction of sp³-hybridized carbons (Fsp3) is 0.538. The lowest BCUT2D eigenvalue weighted by atomic mass is 9.91. The summed E-state index contributed by atoms with van der Waals surface area (Å²) in [6.45, 7) is 0.678. The van der Waals surface area contributed by atoms with Gasteiger partial charge in [0.15, 0.2) is 0 Å². The molecule has 1 aliphatic rings. The van der Waals surface area contributed by atoms with Crippen molar-refractivity contribution in [3.8, 4) is 0 Å². The summed E-state index contributed by atoms with van der Waals surface area (Å²) in [5, 5.41) is 5.98. The molecule has 0 fully saturated rings. The lowest BCUT2D eigenvalue weighted by Gasteiger charge is -2.25. The molecular weight excluding hydrogens is 266 g/mol. The minimum absolute atomic E-state index is 0. The molecule has 0 spiro atoms. The van der Waals surface area contributed by atoms with Gasteiger partial charge in [-0.15, -0.1) is 12.4 Å². The highest BCUT2D eigenvalue weighted by Gasteiger charge is 2.21. The normalized spacial score (nSPS) is 17.2. The number of H-pyrrole nitrogens is 1. The smallest absolute Gasteiger partial charge is 0.248 e. The fourth-order valence-electron chi connectivity index (χ4n) is 2.36. The Labute approximate surface area is 118 Å². The maximum atomic E-state index is 11.7. The molecule has 0 saturated heterocycles. The topological polar surface area (TPSA) is 74.0 Å². The molecule has 19 heavy (non-hydrogen) atoms. The van der Waals surface area contributed by atoms with Crippen molar-refractivity contribution in [3.63, 3.8) is 0 Å². The summed E-state index contributed by atoms with van der Waals surface area (Å²) in [6, 6.07) is 3.39. The van der Waals surface area contributed by atoms with Gasteiger partial charge in [0.05, 0.1) is 6.04 Å². The molecule has 106 valence electrons. The number of aromatic amines is 1. The van der Waals surface area contributed by atoms with Gasteiger partial charge in [-0.25, -0.2) is 0 Å². The van der Waals surface area contributed by atoms with Crippen LogP contribution in [0.15, 0.2) is 16.9 Å². The molecule has 0 aromatic carbocycles. The van der Waals surface area contributed by atoms with Crippen LogP contribution in [0.3, 0.4) is 0 Å². The van der Waals surface area contributed by atoms with Gasteiger partial charge >= 0.3 is 0 Å². The van der Waals surface area contributed by atoms with Gasteiger partial charge in [-0.3, -0.25) is 9.59 Å². The van der Waals surface area contributed by atoms with Gasteiger partial charge in [0.25, 0.3) is 0 Å². The average Bonchev–Trinajstić information content (AvgIpc) is 2.36. The van der Waals surface area contributed by atoms with E-state index in [4.69, 9.17) is 0 Å². The molecule has 1 amide bonds. The number of amides is 1. The van der Waals surface area contributed by atoms with Crippen LogP contribution < -0.4 is 16.2 Å². The van der Waals surface area contributed by atoms with E-state index in [0.717, 1.165) is 30.5 Å². The summed E-state index contributed by atoms with van der Waals surface area (Å²) in [6.07, 6.45) is 3.29. The van der Waals surface area contributed by atoms with E-state index < -0.39 is 0 Å². The zero-order valence-corrected chi connectivity index (χ0v) is 11.8. The Bertz CT molecular complexity index is 487. The predicted molar refractivity (Wildman–Crippen MR) is 76.7 cm³/mol. The lowest BCUT2D eigenvalue weighted by Crippen LogP contribution is -2.33. The molecule has 1 heterocycles. The van der Waals surface area contributed by atoms with Crippen molar-refractivity contribution in [2.45, 2.75) is 31.7 Å². The molecule has 1 aliphatic carbocycles. The number of aromatic nitrogens is 1. The number of hydrogen-bond acceptors (Lipinski definition) is 3. The Balaban J connectivity index is 0.00000180. The number of fused-ring (bicyclic) bond motifs is 1. The van der Waals surface area contributed by atoms with E-state index in [1.165, 1.54) is 6.07 Å². The number of hydrogen-bond donors (Lipinski definition) is 3. The lowest BCUT2D eigenvalue weighted by molar-refractivity contribution is -0.121. The van der Waals surface area contributed by atoms with Crippen LogP contribution in [0, 0.1) is 0 Å². The Morgan fingerprint density at radius 3 is 3.00 bits per heavy atom. The first-order valence-electron chi connectivity index (χ1n) is 6.37. The van der Waals surface area contributed by atoms with Crippen LogP contribution in [0.4, 0.5) is 0 Å². The van der Waals surface area contributed by atoms with Gasteiger partial charge in [0.2, 0.25) is 11.5 Å². The highest BCUT2D eigenvalue weighted by atomic mass is 35.5. The van der Waals surface area contributed by atoms with Gasteiger partial charge in [-0.2, -0.15) is 0 Å². The zero-order chi connectivity index (χ0) is 13.0. The van der Waals surface area contributed by atoms with Crippen molar-refractivity contribution in [1.29, 1.82) is 0 Å². The first-order valence-corrected chi connectivity index (χ1v) is 6.37. The van der Waals surface area contributed by atoms with Gasteiger partial charge in [-0.05, 0) is 37.9 Å². The molecule has 0 saturated carbocycles. The minimum Gasteiger partial charge on any atom is -0.349 e. The molecule has 5 nitrogen and oxygen atoms in total. The van der Waals surface area contributed by atoms with Crippen LogP contribution >= 0.6 is 12.4 Å². The molecular formula is C13H20ClN3O2. The van der Waals surface area contributed by atoms with Gasteiger partial charge in [-0.1, -0.05) is 0 Å². The van der Waals surface area contributed by atoms with Gasteiger partial charge in [0.1, 0.15) is 0 Å². The van der Waals surface area contributed by atoms with Crippen molar-refractivity contribution in [2.75, 3.05) is 13.6 Å². The number of aryl methyl sites for hydroxylation is 1. The third-order valence-corrected chi connectivity index (χ3v) is 3.27. The quantitative estimate of drug-likeness (QED) is 0.769. The Morgan fingerprint density at radius 2 is 2.26 bits per heavy atom. The molecule has 0 radical (unpaired) electrons. The van der Waals surface area contributed by atoms with E-state index in [1.54, 1.807) is 0 Å². The molecule has 3 N–H and O–H groups in total. The number of carbonyl (C=O) groups is 1. The average molecular weight is 286 g/mol. The van der Waals surface area contributed by atoms with Crippen molar-refractivity contribution >= 4 is 18.3 Å². The van der Waals surface area contributed by atoms with Crippen LogP contribution in [-0.4, -0.2) is 24.5 Å². The van der Waals surface area contributed by atoms with Gasteiger partial charge < -0.3 is 15.6 Å². The number of rotatable bonds is 4. The molecule has 2 rings (SSSR count). The summed E-state index contributed by atoms with van der Waals surface area (Å²) in [5.74, 6) is 0.0494. The SMILES string of the molecule is CNCCC(=O)NC1CCCc2[nH]c(=O)ccc21.Cl. The molecule has 1 unspecified atom stereocenters. The Morgan fingerprint density at radius 1 is 1.47 bits per heavy atom. The predicted octanol–water partition coefficient (Wildman–Crippen LogP) is 0.900. The van der Waals surface area contributed by atoms with Crippen molar-refractivity contribution < 1.29 is 4.79 Å². The van der Waals surface area contributed by atoms with Crippen LogP contribution in [0.5, 0.6) is 0 Å². The fourth-order valence-corrected chi connectivity index (χ4v) is 2.36. The van der Waals surface area contributed by atoms with Crippen molar-refractivity contribution in [1.82, 2.24) is 15.6 Å². The first-order chi connectivity index (χ1) is 8.70. The number of halogens is 1. The van der Waals surface area contributed by atoms with E-state index >= 15 is 0 Å². The molecule has 1 aromatic heterocycles. The molecule has 0 bridgehead atoms. The maximum absolute atomic E-state index is 11.7. The van der Waals surface area contributed by atoms with Crippen molar-refractivity contribution in [3.05, 3.63) is 33.7 Å². The van der Waals surface area contributed by atoms with E-state index in [2.05, 4.69) is 15.6 Å². The zero-order valence-electron chi connectivity index (χ0n) is 11.0. The third kappa shape index (κ3) is 4.08. The van der Waals surface area contributed by atoms with E-state index in [1.807, 2.05) is 13.1 Å². The minimum atomic E-state index is -0.0732. The Hall–Kier alpha value is -1.33. The second kappa shape index (κ2) is 7.31. The standard InChI is InChI=1S/C13H19N3O2.ClH/c1-14-8-7-13(18)16-11-4-2-3-10-9(11)5-6-12(17)15-10;/h5-6,11,14H,2-4,7-8H2,1H3,(H,15,17)(H,16,18);1H. The first kappa shape index (κ1) is 15.7. The highest BCUT2D eigenvalue weighted by Crippen LogP contribution is 2.27. The monoisotopic (exact) mass is 285 g/mol. The van der Waals surface area contributed by atoms with Crippen LogP contribution in [0.1, 0.15) is 36.6 Å². The second-order valence-corrected chi connectivity index (χ2v) is 4.62. The second-order valence-electron chi connectivity index (χ2n) is 4.62. The summed E-state index contributed by atoms with van der Waals surface area (Å²) >= 11 is 0. The molecule has 6 heteroatoms. The summed E-state index contributed by atoms with van der Waals surface area (Å²) in [7, 11) is 1.83. The number of nitrogens with one attached hydrogen (secondary N) is 3. The Kier molecular flexibility index (Phi) is 6.05. The summed E-state index contributed by atoms with van der Waals surface area (Å²) < 4.78 is 0. The van der Waals surface area contributed by atoms with Crippen LogP contribution in [0.2, 0.25) is 0 Å². The summed E-state index contributed by atoms with van der Waals surface area (Å²) in [4.78, 5) is 25.8. The van der Waals surface area contributed by atoms with Gasteiger partial charge in [0, 0.05) is 24.7 Å². The van der Waals surface area contributed by atoms with Crippen LogP contribution in [-0.2, 0) is 11.2 Å². The molecule has 1 aromatic rings.